The van der Waals surface area contributed by atoms with Crippen LogP contribution in [0.5, 0.6) is 0 Å². The van der Waals surface area contributed by atoms with Crippen LogP contribution in [-0.2, 0) is 5.60 Å². The van der Waals surface area contributed by atoms with Gasteiger partial charge < -0.3 is 9.59 Å². The molecule has 1 aromatic rings. The second kappa shape index (κ2) is 7.51. The first-order valence-electron chi connectivity index (χ1n) is 9.04. The van der Waals surface area contributed by atoms with Gasteiger partial charge in [0.2, 0.25) is 0 Å². The third kappa shape index (κ3) is 3.97. The molecule has 0 amide bonds. The second-order valence-electron chi connectivity index (χ2n) is 7.46. The molecule has 1 aromatic carbocycles. The Bertz CT molecular complexity index is 550. The van der Waals surface area contributed by atoms with Crippen LogP contribution in [0.25, 0.3) is 0 Å². The monoisotopic (exact) mass is 314 g/mol. The molecule has 1 fully saturated rings. The third-order valence-corrected chi connectivity index (χ3v) is 5.85. The van der Waals surface area contributed by atoms with Crippen molar-refractivity contribution < 1.29 is 9.59 Å². The smallest absolute Gasteiger partial charge is 0.153 e. The van der Waals surface area contributed by atoms with E-state index in [1.807, 2.05) is 30.3 Å². The van der Waals surface area contributed by atoms with Gasteiger partial charge in [-0.2, -0.15) is 0 Å². The van der Waals surface area contributed by atoms with E-state index >= 15 is 0 Å². The van der Waals surface area contributed by atoms with E-state index in [4.69, 9.17) is 0 Å². The second-order valence-corrected chi connectivity index (χ2v) is 7.46. The zero-order valence-corrected chi connectivity index (χ0v) is 15.2. The average molecular weight is 314 g/mol. The van der Waals surface area contributed by atoms with Crippen molar-refractivity contribution >= 4 is 0 Å². The maximum atomic E-state index is 11.4. The van der Waals surface area contributed by atoms with Crippen LogP contribution >= 0.6 is 0 Å². The highest BCUT2D eigenvalue weighted by Gasteiger charge is 2.38. The van der Waals surface area contributed by atoms with Crippen molar-refractivity contribution in [2.45, 2.75) is 58.1 Å². The Kier molecular flexibility index (Phi) is 5.89. The maximum absolute atomic E-state index is 11.4. The lowest BCUT2D eigenvalue weighted by atomic mass is 9.80. The SMILES string of the molecule is CC[N@+](C)(CC#C[C@](O)(c1ccccc1)C1CCCC1)C(C)C. The van der Waals surface area contributed by atoms with E-state index in [9.17, 15) is 5.11 Å². The summed E-state index contributed by atoms with van der Waals surface area (Å²) in [7, 11) is 2.25. The Balaban J connectivity index is 2.28. The number of hydrogen-bond donors (Lipinski definition) is 1. The molecule has 23 heavy (non-hydrogen) atoms. The number of benzene rings is 1. The van der Waals surface area contributed by atoms with Gasteiger partial charge in [-0.15, -0.1) is 0 Å². The van der Waals surface area contributed by atoms with Gasteiger partial charge >= 0.3 is 0 Å². The van der Waals surface area contributed by atoms with Crippen molar-refractivity contribution in [3.05, 3.63) is 35.9 Å². The van der Waals surface area contributed by atoms with Crippen LogP contribution in [-0.4, -0.2) is 35.8 Å². The molecule has 0 spiro atoms. The van der Waals surface area contributed by atoms with Crippen molar-refractivity contribution in [1.82, 2.24) is 0 Å². The lowest BCUT2D eigenvalue weighted by Gasteiger charge is -2.36. The average Bonchev–Trinajstić information content (AvgIpc) is 3.10. The molecule has 1 aliphatic rings. The summed E-state index contributed by atoms with van der Waals surface area (Å²) in [5.74, 6) is 6.90. The largest absolute Gasteiger partial charge is 0.373 e. The van der Waals surface area contributed by atoms with E-state index in [1.165, 1.54) is 12.8 Å². The Hall–Kier alpha value is -1.30. The van der Waals surface area contributed by atoms with Crippen LogP contribution < -0.4 is 0 Å². The molecule has 1 aliphatic carbocycles. The summed E-state index contributed by atoms with van der Waals surface area (Å²) < 4.78 is 0.919. The molecule has 0 radical (unpaired) electrons. The third-order valence-electron chi connectivity index (χ3n) is 5.85. The fourth-order valence-corrected chi connectivity index (χ4v) is 3.46. The van der Waals surface area contributed by atoms with Gasteiger partial charge in [-0.3, -0.25) is 0 Å². The highest BCUT2D eigenvalue weighted by Crippen LogP contribution is 2.40. The standard InChI is InChI=1S/C21H32NO/c1-5-22(4,18(2)3)17-11-16-21(23,20-14-9-10-15-20)19-12-7-6-8-13-19/h6-8,12-13,18,20,23H,5,9-10,14-15,17H2,1-4H3/q+1/t21-,22+/m0/s1. The first-order chi connectivity index (χ1) is 10.9. The van der Waals surface area contributed by atoms with Crippen molar-refractivity contribution in [2.75, 3.05) is 20.1 Å². The van der Waals surface area contributed by atoms with Crippen molar-refractivity contribution in [2.24, 2.45) is 5.92 Å². The molecule has 126 valence electrons. The molecule has 2 heteroatoms. The van der Waals surface area contributed by atoms with E-state index in [0.717, 1.165) is 36.0 Å². The van der Waals surface area contributed by atoms with Crippen LogP contribution in [0, 0.1) is 17.8 Å². The van der Waals surface area contributed by atoms with E-state index in [2.05, 4.69) is 39.7 Å². The fourth-order valence-electron chi connectivity index (χ4n) is 3.46. The molecule has 0 aromatic heterocycles. The number of nitrogens with zero attached hydrogens (tertiary/aromatic N) is 1. The van der Waals surface area contributed by atoms with E-state index < -0.39 is 5.60 Å². The molecule has 0 bridgehead atoms. The quantitative estimate of drug-likeness (QED) is 0.644. The normalized spacial score (nSPS) is 20.6. The van der Waals surface area contributed by atoms with Gasteiger partial charge in [0, 0.05) is 5.92 Å². The van der Waals surface area contributed by atoms with E-state index in [-0.39, 0.29) is 5.92 Å². The van der Waals surface area contributed by atoms with Gasteiger partial charge in [-0.1, -0.05) is 49.1 Å². The molecule has 1 saturated carbocycles. The van der Waals surface area contributed by atoms with Crippen LogP contribution in [0.1, 0.15) is 52.0 Å². The Morgan fingerprint density at radius 3 is 2.35 bits per heavy atom. The number of rotatable bonds is 5. The maximum Gasteiger partial charge on any atom is 0.153 e. The van der Waals surface area contributed by atoms with Crippen LogP contribution in [0.2, 0.25) is 0 Å². The molecule has 2 nitrogen and oxygen atoms in total. The Morgan fingerprint density at radius 2 is 1.83 bits per heavy atom. The molecule has 0 unspecified atom stereocenters. The van der Waals surface area contributed by atoms with Gasteiger partial charge in [0.05, 0.1) is 19.6 Å². The van der Waals surface area contributed by atoms with Gasteiger partial charge in [0.1, 0.15) is 6.54 Å². The van der Waals surface area contributed by atoms with Crippen LogP contribution in [0.3, 0.4) is 0 Å². The molecule has 0 saturated heterocycles. The first kappa shape index (κ1) is 18.0. The Labute approximate surface area is 142 Å². The fraction of sp³-hybridized carbons (Fsp3) is 0.619. The zero-order chi connectivity index (χ0) is 16.9. The molecular weight excluding hydrogens is 282 g/mol. The number of hydrogen-bond acceptors (Lipinski definition) is 1. The van der Waals surface area contributed by atoms with Gasteiger partial charge in [-0.25, -0.2) is 0 Å². The molecule has 2 rings (SSSR count). The molecule has 0 aliphatic heterocycles. The summed E-state index contributed by atoms with van der Waals surface area (Å²) in [5, 5.41) is 11.4. The van der Waals surface area contributed by atoms with Crippen LogP contribution in [0.15, 0.2) is 30.3 Å². The zero-order valence-electron chi connectivity index (χ0n) is 15.2. The number of quaternary nitrogens is 1. The molecule has 1 N–H and O–H groups in total. The molecule has 0 heterocycles. The highest BCUT2D eigenvalue weighted by atomic mass is 16.3. The first-order valence-corrected chi connectivity index (χ1v) is 9.04. The summed E-state index contributed by atoms with van der Waals surface area (Å²) in [6.45, 7) is 8.54. The van der Waals surface area contributed by atoms with Gasteiger partial charge in [0.15, 0.2) is 5.60 Å². The lowest BCUT2D eigenvalue weighted by molar-refractivity contribution is -0.921. The summed E-state index contributed by atoms with van der Waals surface area (Å²) in [6, 6.07) is 10.6. The predicted molar refractivity (Wildman–Crippen MR) is 96.8 cm³/mol. The summed E-state index contributed by atoms with van der Waals surface area (Å²) in [5.41, 5.74) is -0.0394. The molecule has 2 atom stereocenters. The lowest BCUT2D eigenvalue weighted by Crippen LogP contribution is -2.49. The minimum Gasteiger partial charge on any atom is -0.373 e. The van der Waals surface area contributed by atoms with Crippen LogP contribution in [0.4, 0.5) is 0 Å². The number of aliphatic hydroxyl groups is 1. The van der Waals surface area contributed by atoms with Gasteiger partial charge in [-0.05, 0) is 45.1 Å². The van der Waals surface area contributed by atoms with E-state index in [1.54, 1.807) is 0 Å². The summed E-state index contributed by atoms with van der Waals surface area (Å²) in [4.78, 5) is 0. The molecular formula is C21H32NO+. The minimum absolute atomic E-state index is 0.261. The van der Waals surface area contributed by atoms with Crippen molar-refractivity contribution in [3.63, 3.8) is 0 Å². The summed E-state index contributed by atoms with van der Waals surface area (Å²) in [6.07, 6.45) is 4.56. The van der Waals surface area contributed by atoms with E-state index in [0.29, 0.717) is 6.04 Å². The van der Waals surface area contributed by atoms with Crippen molar-refractivity contribution in [3.8, 4) is 11.8 Å². The van der Waals surface area contributed by atoms with Gasteiger partial charge in [0.25, 0.3) is 0 Å². The van der Waals surface area contributed by atoms with Crippen molar-refractivity contribution in [1.29, 1.82) is 0 Å². The topological polar surface area (TPSA) is 20.2 Å². The minimum atomic E-state index is -0.993. The Morgan fingerprint density at radius 1 is 1.22 bits per heavy atom. The predicted octanol–water partition coefficient (Wildman–Crippen LogP) is 3.94. The highest BCUT2D eigenvalue weighted by molar-refractivity contribution is 5.33. The summed E-state index contributed by atoms with van der Waals surface area (Å²) >= 11 is 0.